The Kier molecular flexibility index (Phi) is 9.44. The van der Waals surface area contributed by atoms with Gasteiger partial charge in [0.1, 0.15) is 5.60 Å². The number of hydrogen-bond donors (Lipinski definition) is 0. The molecular weight excluding hydrogens is 392 g/mol. The van der Waals surface area contributed by atoms with Crippen LogP contribution in [0.4, 0.5) is 0 Å². The van der Waals surface area contributed by atoms with Gasteiger partial charge in [-0.1, -0.05) is 54.6 Å². The zero-order valence-electron chi connectivity index (χ0n) is 18.7. The molecule has 0 aliphatic rings. The first-order valence-electron chi connectivity index (χ1n) is 10.8. The fourth-order valence-corrected chi connectivity index (χ4v) is 3.07. The van der Waals surface area contributed by atoms with Crippen molar-refractivity contribution < 1.29 is 23.9 Å². The number of hydrogen-bond acceptors (Lipinski definition) is 5. The number of Topliss-reactive ketones (excluding diaryl/α,β-unsaturated/α-hetero) is 1. The molecule has 0 atom stereocenters. The van der Waals surface area contributed by atoms with Crippen molar-refractivity contribution in [3.63, 3.8) is 0 Å². The molecule has 0 aliphatic carbocycles. The van der Waals surface area contributed by atoms with Gasteiger partial charge in [0.25, 0.3) is 0 Å². The average molecular weight is 425 g/mol. The van der Waals surface area contributed by atoms with Crippen molar-refractivity contribution >= 4 is 17.7 Å². The summed E-state index contributed by atoms with van der Waals surface area (Å²) in [6, 6.07) is 18.6. The van der Waals surface area contributed by atoms with Gasteiger partial charge in [0, 0.05) is 12.8 Å². The van der Waals surface area contributed by atoms with Crippen LogP contribution in [-0.2, 0) is 30.3 Å². The second-order valence-corrected chi connectivity index (χ2v) is 8.52. The van der Waals surface area contributed by atoms with E-state index in [9.17, 15) is 14.4 Å². The van der Waals surface area contributed by atoms with E-state index in [2.05, 4.69) is 36.4 Å². The number of ketones is 1. The highest BCUT2D eigenvalue weighted by Gasteiger charge is 2.17. The predicted octanol–water partition coefficient (Wildman–Crippen LogP) is 5.30. The minimum atomic E-state index is -0.823. The van der Waals surface area contributed by atoms with Gasteiger partial charge in [0.15, 0.2) is 0 Å². The van der Waals surface area contributed by atoms with E-state index in [1.54, 1.807) is 20.8 Å². The summed E-state index contributed by atoms with van der Waals surface area (Å²) in [6.07, 6.45) is 2.98. The molecule has 0 N–H and O–H groups in total. The summed E-state index contributed by atoms with van der Waals surface area (Å²) in [5, 5.41) is 0. The maximum atomic E-state index is 11.9. The third kappa shape index (κ3) is 9.60. The van der Waals surface area contributed by atoms with E-state index in [0.29, 0.717) is 12.8 Å². The Bertz CT molecular complexity index is 848. The second-order valence-electron chi connectivity index (χ2n) is 8.52. The van der Waals surface area contributed by atoms with Crippen LogP contribution in [0.5, 0.6) is 0 Å². The predicted molar refractivity (Wildman–Crippen MR) is 120 cm³/mol. The molecule has 0 saturated carbocycles. The average Bonchev–Trinajstić information content (AvgIpc) is 2.74. The number of carbonyl (C=O) groups is 3. The zero-order chi connectivity index (χ0) is 22.7. The van der Waals surface area contributed by atoms with Gasteiger partial charge in [-0.2, -0.15) is 0 Å². The van der Waals surface area contributed by atoms with E-state index in [1.165, 1.54) is 16.7 Å². The molecule has 0 radical (unpaired) electrons. The van der Waals surface area contributed by atoms with E-state index >= 15 is 0 Å². The number of aryl methyl sites for hydroxylation is 1. The van der Waals surface area contributed by atoms with E-state index in [1.807, 2.05) is 18.2 Å². The lowest BCUT2D eigenvalue weighted by molar-refractivity contribution is -0.157. The highest BCUT2D eigenvalue weighted by atomic mass is 16.6. The number of carbonyl (C=O) groups excluding carboxylic acids is 3. The number of ether oxygens (including phenoxy) is 2. The normalized spacial score (nSPS) is 11.1. The largest absolute Gasteiger partial charge is 0.460 e. The van der Waals surface area contributed by atoms with Gasteiger partial charge in [0.2, 0.25) is 5.78 Å². The lowest BCUT2D eigenvalue weighted by atomic mass is 10.0. The minimum Gasteiger partial charge on any atom is -0.460 e. The van der Waals surface area contributed by atoms with Crippen LogP contribution in [0, 0.1) is 0 Å². The van der Waals surface area contributed by atoms with E-state index in [0.717, 1.165) is 12.8 Å². The molecule has 31 heavy (non-hydrogen) atoms. The number of unbranched alkanes of at least 4 members (excludes halogenated alkanes) is 1. The molecule has 0 heterocycles. The topological polar surface area (TPSA) is 69.7 Å². The quantitative estimate of drug-likeness (QED) is 0.278. The first kappa shape index (κ1) is 24.3. The maximum Gasteiger partial charge on any atom is 0.374 e. The van der Waals surface area contributed by atoms with Crippen molar-refractivity contribution in [1.82, 2.24) is 0 Å². The van der Waals surface area contributed by atoms with E-state index in [4.69, 9.17) is 9.47 Å². The van der Waals surface area contributed by atoms with Gasteiger partial charge in [-0.05, 0) is 63.1 Å². The van der Waals surface area contributed by atoms with Crippen molar-refractivity contribution in [1.29, 1.82) is 0 Å². The molecule has 166 valence electrons. The van der Waals surface area contributed by atoms with Gasteiger partial charge >= 0.3 is 11.9 Å². The van der Waals surface area contributed by atoms with Crippen LogP contribution in [0.3, 0.4) is 0 Å². The van der Waals surface area contributed by atoms with Crippen molar-refractivity contribution in [3.05, 3.63) is 60.2 Å². The van der Waals surface area contributed by atoms with E-state index in [-0.39, 0.29) is 25.4 Å². The Morgan fingerprint density at radius 2 is 1.42 bits per heavy atom. The highest BCUT2D eigenvalue weighted by Crippen LogP contribution is 2.20. The summed E-state index contributed by atoms with van der Waals surface area (Å²) in [6.45, 7) is 5.42. The standard InChI is InChI=1S/C26H32O5/c1-26(2,3)31-24(28)14-9-19-30-25(29)23(27)13-8-7-10-20-15-17-22(18-16-20)21-11-5-4-6-12-21/h4-6,11-12,15-18H,7-10,13-14,19H2,1-3H3. The van der Waals surface area contributed by atoms with Gasteiger partial charge in [-0.25, -0.2) is 4.79 Å². The summed E-state index contributed by atoms with van der Waals surface area (Å²) in [4.78, 5) is 35.3. The Hall–Kier alpha value is -2.95. The lowest BCUT2D eigenvalue weighted by Gasteiger charge is -2.19. The Morgan fingerprint density at radius 1 is 0.774 bits per heavy atom. The van der Waals surface area contributed by atoms with E-state index < -0.39 is 17.4 Å². The lowest BCUT2D eigenvalue weighted by Crippen LogP contribution is -2.24. The third-order valence-electron chi connectivity index (χ3n) is 4.59. The summed E-state index contributed by atoms with van der Waals surface area (Å²) in [5.41, 5.74) is 3.03. The number of esters is 2. The van der Waals surface area contributed by atoms with Crippen molar-refractivity contribution in [2.45, 2.75) is 64.9 Å². The molecule has 2 aromatic rings. The Labute approximate surface area is 184 Å². The highest BCUT2D eigenvalue weighted by molar-refractivity contribution is 6.33. The second kappa shape index (κ2) is 12.0. The molecular formula is C26H32O5. The minimum absolute atomic E-state index is 0.0393. The van der Waals surface area contributed by atoms with Crippen LogP contribution in [0.25, 0.3) is 11.1 Å². The molecule has 0 unspecified atom stereocenters. The molecule has 0 fully saturated rings. The SMILES string of the molecule is CC(C)(C)OC(=O)CCCOC(=O)C(=O)CCCCc1ccc(-c2ccccc2)cc1. The number of benzene rings is 2. The number of rotatable bonds is 11. The molecule has 2 aromatic carbocycles. The summed E-state index contributed by atoms with van der Waals surface area (Å²) in [7, 11) is 0. The van der Waals surface area contributed by atoms with Crippen LogP contribution in [0.15, 0.2) is 54.6 Å². The fourth-order valence-electron chi connectivity index (χ4n) is 3.07. The Balaban J connectivity index is 1.60. The smallest absolute Gasteiger partial charge is 0.374 e. The van der Waals surface area contributed by atoms with Crippen LogP contribution >= 0.6 is 0 Å². The zero-order valence-corrected chi connectivity index (χ0v) is 18.7. The van der Waals surface area contributed by atoms with Crippen LogP contribution in [0.1, 0.15) is 58.4 Å². The molecule has 5 nitrogen and oxygen atoms in total. The molecule has 5 heteroatoms. The fraction of sp³-hybridized carbons (Fsp3) is 0.423. The van der Waals surface area contributed by atoms with Crippen molar-refractivity contribution in [2.75, 3.05) is 6.61 Å². The van der Waals surface area contributed by atoms with Crippen molar-refractivity contribution in [2.24, 2.45) is 0 Å². The van der Waals surface area contributed by atoms with Gasteiger partial charge < -0.3 is 9.47 Å². The monoisotopic (exact) mass is 424 g/mol. The van der Waals surface area contributed by atoms with Gasteiger partial charge in [-0.15, -0.1) is 0 Å². The first-order valence-corrected chi connectivity index (χ1v) is 10.8. The van der Waals surface area contributed by atoms with Crippen LogP contribution < -0.4 is 0 Å². The van der Waals surface area contributed by atoms with Crippen LogP contribution in [0.2, 0.25) is 0 Å². The molecule has 0 aliphatic heterocycles. The third-order valence-corrected chi connectivity index (χ3v) is 4.59. The van der Waals surface area contributed by atoms with Gasteiger partial charge in [-0.3, -0.25) is 9.59 Å². The summed E-state index contributed by atoms with van der Waals surface area (Å²) < 4.78 is 10.1. The van der Waals surface area contributed by atoms with Gasteiger partial charge in [0.05, 0.1) is 6.61 Å². The summed E-state index contributed by atoms with van der Waals surface area (Å²) >= 11 is 0. The molecule has 0 amide bonds. The van der Waals surface area contributed by atoms with Crippen LogP contribution in [-0.4, -0.2) is 29.9 Å². The molecule has 0 spiro atoms. The molecule has 0 aromatic heterocycles. The first-order chi connectivity index (χ1) is 14.7. The molecule has 0 saturated heterocycles. The summed E-state index contributed by atoms with van der Waals surface area (Å²) in [5.74, 6) is -1.68. The molecule has 0 bridgehead atoms. The Morgan fingerprint density at radius 3 is 2.06 bits per heavy atom. The maximum absolute atomic E-state index is 11.9. The van der Waals surface area contributed by atoms with Crippen molar-refractivity contribution in [3.8, 4) is 11.1 Å². The molecule has 2 rings (SSSR count).